The Hall–Kier alpha value is -3.80. The van der Waals surface area contributed by atoms with Crippen LogP contribution >= 0.6 is 0 Å². The van der Waals surface area contributed by atoms with Crippen LogP contribution in [0.4, 0.5) is 23.0 Å². The van der Waals surface area contributed by atoms with Gasteiger partial charge in [0.25, 0.3) is 0 Å². The summed E-state index contributed by atoms with van der Waals surface area (Å²) >= 11 is 0. The van der Waals surface area contributed by atoms with Gasteiger partial charge in [0.1, 0.15) is 6.67 Å². The maximum atomic E-state index is 5.24. The number of fused-ring (bicyclic) bond motifs is 1. The predicted molar refractivity (Wildman–Crippen MR) is 132 cm³/mol. The van der Waals surface area contributed by atoms with E-state index in [4.69, 9.17) is 9.97 Å². The highest BCUT2D eigenvalue weighted by Crippen LogP contribution is 2.46. The molecule has 0 unspecified atom stereocenters. The molecule has 2 aromatic heterocycles. The van der Waals surface area contributed by atoms with E-state index in [0.29, 0.717) is 6.67 Å². The third-order valence-electron chi connectivity index (χ3n) is 7.17. The molecular weight excluding hydrogens is 408 g/mol. The maximum absolute atomic E-state index is 5.24. The van der Waals surface area contributed by atoms with Crippen molar-refractivity contribution in [3.05, 3.63) is 96.6 Å². The van der Waals surface area contributed by atoms with Gasteiger partial charge in [0.2, 0.25) is 0 Å². The average molecular weight is 437 g/mol. The highest BCUT2D eigenvalue weighted by molar-refractivity contribution is 5.81. The Morgan fingerprint density at radius 3 is 1.85 bits per heavy atom. The van der Waals surface area contributed by atoms with Gasteiger partial charge < -0.3 is 9.80 Å². The Morgan fingerprint density at radius 1 is 0.667 bits per heavy atom. The second-order valence-electron chi connectivity index (χ2n) is 9.45. The van der Waals surface area contributed by atoms with Crippen molar-refractivity contribution in [3.63, 3.8) is 0 Å². The van der Waals surface area contributed by atoms with Crippen LogP contribution in [-0.4, -0.2) is 26.8 Å². The molecule has 5 rings (SSSR count). The fourth-order valence-electron chi connectivity index (χ4n) is 4.29. The first-order chi connectivity index (χ1) is 15.9. The molecular formula is C27H28N6. The Kier molecular flexibility index (Phi) is 5.08. The second kappa shape index (κ2) is 7.96. The smallest absolute Gasteiger partial charge is 0.178 e. The molecule has 6 nitrogen and oxygen atoms in total. The molecule has 0 radical (unpaired) electrons. The van der Waals surface area contributed by atoms with Crippen LogP contribution in [0.3, 0.4) is 0 Å². The normalized spacial score (nSPS) is 13.8. The van der Waals surface area contributed by atoms with Crippen molar-refractivity contribution < 1.29 is 0 Å². The van der Waals surface area contributed by atoms with Gasteiger partial charge in [-0.1, -0.05) is 64.1 Å². The molecule has 0 saturated carbocycles. The van der Waals surface area contributed by atoms with E-state index in [1.54, 1.807) is 6.20 Å². The topological polar surface area (TPSA) is 58.0 Å². The number of hydrogen-bond acceptors (Lipinski definition) is 6. The summed E-state index contributed by atoms with van der Waals surface area (Å²) in [4.78, 5) is 14.6. The zero-order chi connectivity index (χ0) is 23.1. The minimum atomic E-state index is -0.305. The van der Waals surface area contributed by atoms with E-state index in [0.717, 1.165) is 34.3 Å². The van der Waals surface area contributed by atoms with Crippen LogP contribution in [0, 0.1) is 0 Å². The van der Waals surface area contributed by atoms with Gasteiger partial charge >= 0.3 is 0 Å². The molecule has 6 heteroatoms. The minimum absolute atomic E-state index is 0.235. The van der Waals surface area contributed by atoms with Crippen molar-refractivity contribution in [2.45, 2.75) is 38.5 Å². The van der Waals surface area contributed by atoms with Crippen molar-refractivity contribution in [2.75, 3.05) is 16.5 Å². The molecule has 0 N–H and O–H groups in total. The summed E-state index contributed by atoms with van der Waals surface area (Å²) in [6.45, 7) is 9.56. The van der Waals surface area contributed by atoms with E-state index in [2.05, 4.69) is 96.2 Å². The first-order valence-electron chi connectivity index (χ1n) is 11.2. The van der Waals surface area contributed by atoms with Gasteiger partial charge in [0, 0.05) is 28.4 Å². The van der Waals surface area contributed by atoms with Crippen LogP contribution in [0.15, 0.2) is 85.3 Å². The van der Waals surface area contributed by atoms with Gasteiger partial charge in [0.15, 0.2) is 11.6 Å². The molecule has 3 heterocycles. The molecule has 0 atom stereocenters. The molecule has 33 heavy (non-hydrogen) atoms. The van der Waals surface area contributed by atoms with Crippen LogP contribution in [0.2, 0.25) is 0 Å². The molecule has 0 aliphatic carbocycles. The van der Waals surface area contributed by atoms with Crippen molar-refractivity contribution in [2.24, 2.45) is 0 Å². The third-order valence-corrected chi connectivity index (χ3v) is 7.17. The van der Waals surface area contributed by atoms with Crippen LogP contribution < -0.4 is 9.80 Å². The van der Waals surface area contributed by atoms with Crippen LogP contribution in [0.25, 0.3) is 0 Å². The summed E-state index contributed by atoms with van der Waals surface area (Å²) < 4.78 is 0. The average Bonchev–Trinajstić information content (AvgIpc) is 3.24. The molecule has 0 spiro atoms. The van der Waals surface area contributed by atoms with Gasteiger partial charge in [-0.2, -0.15) is 10.2 Å². The number of nitrogens with zero attached hydrogens (tertiary/aromatic N) is 6. The van der Waals surface area contributed by atoms with E-state index in [1.165, 1.54) is 0 Å². The minimum Gasteiger partial charge on any atom is -0.305 e. The van der Waals surface area contributed by atoms with Crippen molar-refractivity contribution in [1.29, 1.82) is 0 Å². The molecule has 0 fully saturated rings. The first kappa shape index (κ1) is 21.1. The molecule has 0 saturated heterocycles. The van der Waals surface area contributed by atoms with E-state index < -0.39 is 0 Å². The van der Waals surface area contributed by atoms with E-state index in [-0.39, 0.29) is 10.8 Å². The predicted octanol–water partition coefficient (Wildman–Crippen LogP) is 5.77. The Labute approximate surface area is 195 Å². The molecule has 0 bridgehead atoms. The van der Waals surface area contributed by atoms with Crippen LogP contribution in [0.1, 0.15) is 39.0 Å². The number of benzene rings is 2. The highest BCUT2D eigenvalue weighted by Gasteiger charge is 2.43. The summed E-state index contributed by atoms with van der Waals surface area (Å²) in [6.07, 6.45) is 5.52. The largest absolute Gasteiger partial charge is 0.305 e. The molecule has 1 aliphatic rings. The first-order valence-corrected chi connectivity index (χ1v) is 11.2. The van der Waals surface area contributed by atoms with E-state index >= 15 is 0 Å². The number of para-hydroxylation sites is 2. The Bertz CT molecular complexity index is 1240. The molecule has 166 valence electrons. The zero-order valence-electron chi connectivity index (χ0n) is 19.5. The number of rotatable bonds is 5. The van der Waals surface area contributed by atoms with Gasteiger partial charge in [-0.15, -0.1) is 0 Å². The number of aromatic nitrogens is 4. The summed E-state index contributed by atoms with van der Waals surface area (Å²) in [7, 11) is 0. The highest BCUT2D eigenvalue weighted by atomic mass is 15.4. The fraction of sp³-hybridized carbons (Fsp3) is 0.259. The van der Waals surface area contributed by atoms with Gasteiger partial charge in [-0.05, 0) is 35.9 Å². The van der Waals surface area contributed by atoms with Gasteiger partial charge in [-0.25, -0.2) is 9.97 Å². The lowest BCUT2D eigenvalue weighted by Crippen LogP contribution is -2.41. The molecule has 4 aromatic rings. The zero-order valence-corrected chi connectivity index (χ0v) is 19.5. The van der Waals surface area contributed by atoms with Gasteiger partial charge in [0.05, 0.1) is 18.1 Å². The summed E-state index contributed by atoms with van der Waals surface area (Å²) in [5.41, 5.74) is 3.72. The number of hydrogen-bond donors (Lipinski definition) is 0. The lowest BCUT2D eigenvalue weighted by atomic mass is 9.63. The van der Waals surface area contributed by atoms with Crippen molar-refractivity contribution >= 4 is 23.0 Å². The quantitative estimate of drug-likeness (QED) is 0.396. The molecule has 2 aromatic carbocycles. The standard InChI is InChI=1S/C27H28N6/c1-26(2,20-15-16-29-30-17-20)27(3,4)23-18-28-24-25(31-23)33(22-13-9-6-10-14-22)19-32(24)21-11-7-5-8-12-21/h5-18H,19H2,1-4H3. The Balaban J connectivity index is 1.62. The SMILES string of the molecule is CC(C)(c1ccnnc1)C(C)(C)c1cnc2c(n1)N(c1ccccc1)CN2c1ccccc1. The second-order valence-corrected chi connectivity index (χ2v) is 9.45. The van der Waals surface area contributed by atoms with Crippen LogP contribution in [0.5, 0.6) is 0 Å². The lowest BCUT2D eigenvalue weighted by molar-refractivity contribution is 0.294. The van der Waals surface area contributed by atoms with Crippen LogP contribution in [-0.2, 0) is 10.8 Å². The summed E-state index contributed by atoms with van der Waals surface area (Å²) in [5.74, 6) is 1.74. The number of anilines is 4. The fourth-order valence-corrected chi connectivity index (χ4v) is 4.29. The summed E-state index contributed by atoms with van der Waals surface area (Å²) in [5, 5.41) is 8.06. The molecule has 0 amide bonds. The summed E-state index contributed by atoms with van der Waals surface area (Å²) in [6, 6.07) is 22.8. The monoisotopic (exact) mass is 436 g/mol. The lowest BCUT2D eigenvalue weighted by Gasteiger charge is -2.41. The van der Waals surface area contributed by atoms with Gasteiger partial charge in [-0.3, -0.25) is 0 Å². The molecule has 1 aliphatic heterocycles. The van der Waals surface area contributed by atoms with E-state index in [1.807, 2.05) is 30.6 Å². The van der Waals surface area contributed by atoms with E-state index in [9.17, 15) is 0 Å². The maximum Gasteiger partial charge on any atom is 0.178 e. The van der Waals surface area contributed by atoms with Crippen molar-refractivity contribution in [3.8, 4) is 0 Å². The Morgan fingerprint density at radius 2 is 1.27 bits per heavy atom. The van der Waals surface area contributed by atoms with Crippen molar-refractivity contribution in [1.82, 2.24) is 20.2 Å². The third kappa shape index (κ3) is 3.52.